The van der Waals surface area contributed by atoms with Crippen LogP contribution in [0.4, 0.5) is 0 Å². The lowest BCUT2D eigenvalue weighted by Gasteiger charge is -2.01. The highest BCUT2D eigenvalue weighted by atomic mass is 79.9. The Balaban J connectivity index is 3.19. The molecule has 1 rings (SSSR count). The van der Waals surface area contributed by atoms with Gasteiger partial charge in [0.1, 0.15) is 5.75 Å². The zero-order valence-electron chi connectivity index (χ0n) is 6.02. The molecule has 1 nitrogen and oxygen atoms in total. The van der Waals surface area contributed by atoms with E-state index in [4.69, 9.17) is 11.2 Å². The van der Waals surface area contributed by atoms with E-state index >= 15 is 0 Å². The highest BCUT2D eigenvalue weighted by Crippen LogP contribution is 2.21. The second-order valence-electron chi connectivity index (χ2n) is 1.97. The summed E-state index contributed by atoms with van der Waals surface area (Å²) in [6, 6.07) is 5.44. The fraction of sp³-hybridized carbons (Fsp3) is 0.111. The fourth-order valence-electron chi connectivity index (χ4n) is 0.778. The van der Waals surface area contributed by atoms with Crippen molar-refractivity contribution in [2.24, 2.45) is 0 Å². The van der Waals surface area contributed by atoms with E-state index in [1.54, 1.807) is 19.2 Å². The van der Waals surface area contributed by atoms with E-state index in [1.807, 2.05) is 6.07 Å². The lowest BCUT2D eigenvalue weighted by molar-refractivity contribution is 0.413. The molecule has 0 spiro atoms. The van der Waals surface area contributed by atoms with Crippen LogP contribution >= 0.6 is 15.9 Å². The van der Waals surface area contributed by atoms with Crippen molar-refractivity contribution in [1.82, 2.24) is 0 Å². The van der Waals surface area contributed by atoms with Crippen LogP contribution in [0.25, 0.3) is 0 Å². The molecule has 1 aromatic carbocycles. The number of halogens is 1. The summed E-state index contributed by atoms with van der Waals surface area (Å²) in [5, 5.41) is 0. The van der Waals surface area contributed by atoms with E-state index in [0.717, 1.165) is 4.47 Å². The van der Waals surface area contributed by atoms with E-state index in [-0.39, 0.29) is 0 Å². The zero-order chi connectivity index (χ0) is 8.27. The lowest BCUT2D eigenvalue weighted by atomic mass is 10.2. The van der Waals surface area contributed by atoms with Gasteiger partial charge in [0.15, 0.2) is 0 Å². The maximum absolute atomic E-state index is 6.93. The summed E-state index contributed by atoms with van der Waals surface area (Å²) in [6.45, 7) is 0. The molecule has 0 heterocycles. The normalized spacial score (nSPS) is 8.82. The van der Waals surface area contributed by atoms with Crippen molar-refractivity contribution in [2.45, 2.75) is 0 Å². The van der Waals surface area contributed by atoms with E-state index in [0.29, 0.717) is 11.3 Å². The molecule has 1 aromatic rings. The van der Waals surface area contributed by atoms with Crippen LogP contribution < -0.4 is 4.74 Å². The number of ether oxygens (including phenoxy) is 1. The summed E-state index contributed by atoms with van der Waals surface area (Å²) in [6.07, 6.45) is 6.93. The van der Waals surface area contributed by atoms with Crippen LogP contribution in [0.3, 0.4) is 0 Å². The van der Waals surface area contributed by atoms with Crippen molar-refractivity contribution in [2.75, 3.05) is 7.11 Å². The second kappa shape index (κ2) is 3.45. The molecule has 11 heavy (non-hydrogen) atoms. The maximum atomic E-state index is 6.93. The topological polar surface area (TPSA) is 9.23 Å². The summed E-state index contributed by atoms with van der Waals surface area (Å²) in [4.78, 5) is 0. The number of methoxy groups -OCH3 is 1. The highest BCUT2D eigenvalue weighted by Gasteiger charge is 1.98. The predicted octanol–water partition coefficient (Wildman–Crippen LogP) is 2.40. The summed E-state index contributed by atoms with van der Waals surface area (Å²) in [7, 11) is 1.57. The molecule has 0 atom stereocenters. The third kappa shape index (κ3) is 1.75. The average molecular weight is 210 g/mol. The first-order valence-electron chi connectivity index (χ1n) is 3.04. The van der Waals surface area contributed by atoms with Gasteiger partial charge >= 0.3 is 0 Å². The van der Waals surface area contributed by atoms with Crippen LogP contribution in [-0.2, 0) is 0 Å². The Morgan fingerprint density at radius 2 is 2.27 bits per heavy atom. The third-order valence-corrected chi connectivity index (χ3v) is 1.79. The van der Waals surface area contributed by atoms with Crippen LogP contribution in [0.15, 0.2) is 22.7 Å². The van der Waals surface area contributed by atoms with E-state index in [9.17, 15) is 0 Å². The van der Waals surface area contributed by atoms with Crippen molar-refractivity contribution in [3.8, 4) is 11.7 Å². The van der Waals surface area contributed by atoms with Crippen molar-refractivity contribution in [3.05, 3.63) is 34.7 Å². The Labute approximate surface area is 74.5 Å². The molecule has 55 valence electrons. The molecule has 0 aromatic heterocycles. The van der Waals surface area contributed by atoms with Gasteiger partial charge in [-0.3, -0.25) is 0 Å². The van der Waals surface area contributed by atoms with Crippen molar-refractivity contribution < 1.29 is 4.74 Å². The van der Waals surface area contributed by atoms with Gasteiger partial charge in [-0.15, -0.1) is 0 Å². The molecule has 0 N–H and O–H groups in total. The Morgan fingerprint density at radius 3 is 2.82 bits per heavy atom. The molecule has 0 aliphatic heterocycles. The monoisotopic (exact) mass is 209 g/mol. The summed E-state index contributed by atoms with van der Waals surface area (Å²) in [5.74, 6) is 2.95. The minimum atomic E-state index is 0.655. The largest absolute Gasteiger partial charge is 0.495 e. The van der Waals surface area contributed by atoms with Gasteiger partial charge in [-0.2, -0.15) is 0 Å². The second-order valence-corrected chi connectivity index (χ2v) is 2.89. The van der Waals surface area contributed by atoms with Gasteiger partial charge in [0.25, 0.3) is 0 Å². The number of hydrogen-bond acceptors (Lipinski definition) is 1. The molecule has 1 radical (unpaired) electrons. The first-order chi connectivity index (χ1) is 5.27. The number of benzene rings is 1. The van der Waals surface area contributed by atoms with Gasteiger partial charge in [-0.25, -0.2) is 0 Å². The summed E-state index contributed by atoms with van der Waals surface area (Å²) in [5.41, 5.74) is 0.655. The molecular weight excluding hydrogens is 204 g/mol. The minimum Gasteiger partial charge on any atom is -0.495 e. The SMILES string of the molecule is [C]#Cc1cc(Br)ccc1OC. The first-order valence-corrected chi connectivity index (χ1v) is 3.83. The summed E-state index contributed by atoms with van der Waals surface area (Å²) >= 11 is 3.29. The third-order valence-electron chi connectivity index (χ3n) is 1.30. The molecule has 0 bridgehead atoms. The minimum absolute atomic E-state index is 0.655. The molecule has 0 amide bonds. The van der Waals surface area contributed by atoms with Gasteiger partial charge in [-0.05, 0) is 30.5 Å². The molecule has 0 aliphatic carbocycles. The summed E-state index contributed by atoms with van der Waals surface area (Å²) < 4.78 is 5.91. The average Bonchev–Trinajstić information content (AvgIpc) is 2.04. The Hall–Kier alpha value is -0.940. The molecular formula is C9H6BrO. The number of hydrogen-bond donors (Lipinski definition) is 0. The molecule has 0 aliphatic rings. The molecule has 0 saturated heterocycles. The quantitative estimate of drug-likeness (QED) is 0.646. The number of rotatable bonds is 1. The van der Waals surface area contributed by atoms with Crippen molar-refractivity contribution >= 4 is 15.9 Å². The predicted molar refractivity (Wildman–Crippen MR) is 46.9 cm³/mol. The highest BCUT2D eigenvalue weighted by molar-refractivity contribution is 9.10. The standard InChI is InChI=1S/C9H6BrO/c1-3-7-6-8(10)4-5-9(7)11-2/h4-6H,2H3. The first kappa shape index (κ1) is 8.16. The Kier molecular flexibility index (Phi) is 2.56. The van der Waals surface area contributed by atoms with Gasteiger partial charge in [0, 0.05) is 4.47 Å². The Morgan fingerprint density at radius 1 is 1.55 bits per heavy atom. The smallest absolute Gasteiger partial charge is 0.134 e. The zero-order valence-corrected chi connectivity index (χ0v) is 7.60. The molecule has 0 saturated carbocycles. The molecule has 0 unspecified atom stereocenters. The van der Waals surface area contributed by atoms with Gasteiger partial charge in [-0.1, -0.05) is 15.9 Å². The van der Waals surface area contributed by atoms with Crippen LogP contribution in [-0.4, -0.2) is 7.11 Å². The van der Waals surface area contributed by atoms with Gasteiger partial charge in [0.05, 0.1) is 12.7 Å². The fourth-order valence-corrected chi connectivity index (χ4v) is 1.14. The molecule has 0 fully saturated rings. The molecule has 2 heteroatoms. The van der Waals surface area contributed by atoms with E-state index in [2.05, 4.69) is 21.9 Å². The van der Waals surface area contributed by atoms with Gasteiger partial charge < -0.3 is 4.74 Å². The van der Waals surface area contributed by atoms with E-state index < -0.39 is 0 Å². The Bertz CT molecular complexity index is 299. The van der Waals surface area contributed by atoms with Crippen LogP contribution in [0, 0.1) is 12.3 Å². The maximum Gasteiger partial charge on any atom is 0.134 e. The van der Waals surface area contributed by atoms with Crippen LogP contribution in [0.1, 0.15) is 5.56 Å². The van der Waals surface area contributed by atoms with Gasteiger partial charge in [0.2, 0.25) is 0 Å². The van der Waals surface area contributed by atoms with Crippen LogP contribution in [0.2, 0.25) is 0 Å². The van der Waals surface area contributed by atoms with Crippen molar-refractivity contribution in [1.29, 1.82) is 0 Å². The lowest BCUT2D eigenvalue weighted by Crippen LogP contribution is -1.86. The van der Waals surface area contributed by atoms with E-state index in [1.165, 1.54) is 0 Å². The van der Waals surface area contributed by atoms with Crippen molar-refractivity contribution in [3.63, 3.8) is 0 Å². The van der Waals surface area contributed by atoms with Crippen LogP contribution in [0.5, 0.6) is 5.75 Å².